The van der Waals surface area contributed by atoms with Crippen LogP contribution in [0.25, 0.3) is 0 Å². The van der Waals surface area contributed by atoms with E-state index in [9.17, 15) is 0 Å². The number of aliphatic imine (C=N–C) groups is 1. The maximum absolute atomic E-state index is 5.77. The highest BCUT2D eigenvalue weighted by Gasteiger charge is 2.13. The summed E-state index contributed by atoms with van der Waals surface area (Å²) >= 11 is 5.77. The average Bonchev–Trinajstić information content (AvgIpc) is 2.76. The highest BCUT2D eigenvalue weighted by atomic mass is 35.5. The fourth-order valence-corrected chi connectivity index (χ4v) is 2.24. The molecular weight excluding hydrogens is 234 g/mol. The lowest BCUT2D eigenvalue weighted by Gasteiger charge is -2.07. The number of aromatic amines is 1. The molecule has 0 aliphatic carbocycles. The van der Waals surface area contributed by atoms with Crippen molar-refractivity contribution in [1.82, 2.24) is 9.97 Å². The third-order valence-corrected chi connectivity index (χ3v) is 3.21. The van der Waals surface area contributed by atoms with Gasteiger partial charge in [-0.1, -0.05) is 17.7 Å². The van der Waals surface area contributed by atoms with Crippen LogP contribution in [-0.2, 0) is 12.8 Å². The molecule has 0 bridgehead atoms. The van der Waals surface area contributed by atoms with E-state index in [1.807, 2.05) is 30.7 Å². The minimum Gasteiger partial charge on any atom is -0.346 e. The summed E-state index contributed by atoms with van der Waals surface area (Å²) in [5, 5.41) is 0.537. The van der Waals surface area contributed by atoms with Crippen molar-refractivity contribution in [3.63, 3.8) is 0 Å². The van der Waals surface area contributed by atoms with Crippen molar-refractivity contribution in [2.75, 3.05) is 0 Å². The lowest BCUT2D eigenvalue weighted by atomic mass is 10.0. The fourth-order valence-electron chi connectivity index (χ4n) is 2.13. The lowest BCUT2D eigenvalue weighted by molar-refractivity contribution is 0.997. The van der Waals surface area contributed by atoms with Crippen molar-refractivity contribution in [2.24, 2.45) is 4.99 Å². The Morgan fingerprint density at radius 1 is 1.35 bits per heavy atom. The summed E-state index contributed by atoms with van der Waals surface area (Å²) in [7, 11) is 0. The molecule has 0 saturated carbocycles. The average molecular weight is 246 g/mol. The fraction of sp³-hybridized carbons (Fsp3) is 0.231. The zero-order valence-corrected chi connectivity index (χ0v) is 10.0. The SMILES string of the molecule is Clc1ccc(Cc2c[nH]c3c2CCC=N3)cn1. The number of pyridine rings is 1. The zero-order chi connectivity index (χ0) is 11.7. The Morgan fingerprint density at radius 2 is 2.29 bits per heavy atom. The molecule has 3 nitrogen and oxygen atoms in total. The van der Waals surface area contributed by atoms with Crippen LogP contribution in [0.5, 0.6) is 0 Å². The van der Waals surface area contributed by atoms with Crippen LogP contribution in [0.2, 0.25) is 5.15 Å². The first-order chi connectivity index (χ1) is 8.33. The Hall–Kier alpha value is -1.61. The summed E-state index contributed by atoms with van der Waals surface area (Å²) in [6.45, 7) is 0. The summed E-state index contributed by atoms with van der Waals surface area (Å²) in [6, 6.07) is 3.84. The van der Waals surface area contributed by atoms with E-state index in [1.54, 1.807) is 0 Å². The van der Waals surface area contributed by atoms with Crippen LogP contribution in [0.4, 0.5) is 5.82 Å². The van der Waals surface area contributed by atoms with E-state index in [1.165, 1.54) is 16.7 Å². The molecule has 0 fully saturated rings. The largest absolute Gasteiger partial charge is 0.346 e. The van der Waals surface area contributed by atoms with Crippen molar-refractivity contribution in [2.45, 2.75) is 19.3 Å². The van der Waals surface area contributed by atoms with Gasteiger partial charge in [0.05, 0.1) is 0 Å². The summed E-state index contributed by atoms with van der Waals surface area (Å²) in [6.07, 6.45) is 8.81. The smallest absolute Gasteiger partial charge is 0.133 e. The first-order valence-corrected chi connectivity index (χ1v) is 6.03. The third kappa shape index (κ3) is 2.11. The minimum atomic E-state index is 0.537. The number of rotatable bonds is 2. The number of nitrogens with one attached hydrogen (secondary N) is 1. The standard InChI is InChI=1S/C13H12ClN3/c14-12-4-3-9(7-16-12)6-10-8-17-13-11(10)2-1-5-15-13/h3-5,7-8,17H,1-2,6H2. The normalized spacial score (nSPS) is 13.7. The molecule has 3 rings (SSSR count). The van der Waals surface area contributed by atoms with Crippen molar-refractivity contribution >= 4 is 23.6 Å². The van der Waals surface area contributed by atoms with E-state index in [0.29, 0.717) is 5.15 Å². The second-order valence-electron chi connectivity index (χ2n) is 4.16. The Morgan fingerprint density at radius 3 is 3.12 bits per heavy atom. The lowest BCUT2D eigenvalue weighted by Crippen LogP contribution is -1.96. The second kappa shape index (κ2) is 4.34. The first-order valence-electron chi connectivity index (χ1n) is 5.65. The Labute approximate surface area is 105 Å². The molecule has 1 aliphatic heterocycles. The Bertz CT molecular complexity index is 555. The van der Waals surface area contributed by atoms with Crippen LogP contribution >= 0.6 is 11.6 Å². The molecule has 4 heteroatoms. The van der Waals surface area contributed by atoms with Gasteiger partial charge in [0.15, 0.2) is 0 Å². The summed E-state index contributed by atoms with van der Waals surface area (Å²) in [5.74, 6) is 1.01. The molecule has 2 aromatic rings. The zero-order valence-electron chi connectivity index (χ0n) is 9.28. The van der Waals surface area contributed by atoms with Gasteiger partial charge in [-0.25, -0.2) is 9.98 Å². The quantitative estimate of drug-likeness (QED) is 0.811. The third-order valence-electron chi connectivity index (χ3n) is 2.98. The van der Waals surface area contributed by atoms with Crippen LogP contribution < -0.4 is 0 Å². The maximum Gasteiger partial charge on any atom is 0.133 e. The molecule has 1 aliphatic rings. The molecule has 3 heterocycles. The van der Waals surface area contributed by atoms with Crippen LogP contribution in [-0.4, -0.2) is 16.2 Å². The molecule has 2 aromatic heterocycles. The number of H-pyrrole nitrogens is 1. The predicted molar refractivity (Wildman–Crippen MR) is 69.3 cm³/mol. The molecule has 86 valence electrons. The summed E-state index contributed by atoms with van der Waals surface area (Å²) in [4.78, 5) is 11.7. The molecular formula is C13H12ClN3. The van der Waals surface area contributed by atoms with Gasteiger partial charge in [-0.2, -0.15) is 0 Å². The predicted octanol–water partition coefficient (Wildman–Crippen LogP) is 3.30. The first kappa shape index (κ1) is 10.5. The second-order valence-corrected chi connectivity index (χ2v) is 4.54. The molecule has 0 radical (unpaired) electrons. The van der Waals surface area contributed by atoms with E-state index >= 15 is 0 Å². The van der Waals surface area contributed by atoms with Crippen molar-refractivity contribution in [1.29, 1.82) is 0 Å². The summed E-state index contributed by atoms with van der Waals surface area (Å²) < 4.78 is 0. The van der Waals surface area contributed by atoms with Crippen molar-refractivity contribution < 1.29 is 0 Å². The molecule has 0 unspecified atom stereocenters. The van der Waals surface area contributed by atoms with Gasteiger partial charge in [0.25, 0.3) is 0 Å². The van der Waals surface area contributed by atoms with E-state index < -0.39 is 0 Å². The molecule has 0 atom stereocenters. The molecule has 1 N–H and O–H groups in total. The molecule has 0 aromatic carbocycles. The molecule has 0 spiro atoms. The van der Waals surface area contributed by atoms with Crippen molar-refractivity contribution in [3.8, 4) is 0 Å². The topological polar surface area (TPSA) is 41.0 Å². The van der Waals surface area contributed by atoms with E-state index in [0.717, 1.165) is 25.1 Å². The highest BCUT2D eigenvalue weighted by molar-refractivity contribution is 6.29. The van der Waals surface area contributed by atoms with Gasteiger partial charge in [0.2, 0.25) is 0 Å². The molecule has 17 heavy (non-hydrogen) atoms. The minimum absolute atomic E-state index is 0.537. The number of nitrogens with zero attached hydrogens (tertiary/aromatic N) is 2. The van der Waals surface area contributed by atoms with E-state index in [-0.39, 0.29) is 0 Å². The number of hydrogen-bond donors (Lipinski definition) is 1. The van der Waals surface area contributed by atoms with E-state index in [2.05, 4.69) is 15.0 Å². The van der Waals surface area contributed by atoms with Gasteiger partial charge in [-0.05, 0) is 30.0 Å². The van der Waals surface area contributed by atoms with E-state index in [4.69, 9.17) is 11.6 Å². The number of halogens is 1. The van der Waals surface area contributed by atoms with Crippen LogP contribution in [0, 0.1) is 0 Å². The Kier molecular flexibility index (Phi) is 2.69. The van der Waals surface area contributed by atoms with Gasteiger partial charge < -0.3 is 4.98 Å². The van der Waals surface area contributed by atoms with Crippen LogP contribution in [0.1, 0.15) is 23.1 Å². The van der Waals surface area contributed by atoms with Gasteiger partial charge in [0, 0.05) is 30.6 Å². The van der Waals surface area contributed by atoms with Crippen LogP contribution in [0.15, 0.2) is 29.5 Å². The van der Waals surface area contributed by atoms with Crippen LogP contribution in [0.3, 0.4) is 0 Å². The highest BCUT2D eigenvalue weighted by Crippen LogP contribution is 2.27. The molecule has 0 amide bonds. The van der Waals surface area contributed by atoms with Gasteiger partial charge in [0.1, 0.15) is 11.0 Å². The summed E-state index contributed by atoms with van der Waals surface area (Å²) in [5.41, 5.74) is 3.81. The molecule has 0 saturated heterocycles. The van der Waals surface area contributed by atoms with Gasteiger partial charge >= 0.3 is 0 Å². The van der Waals surface area contributed by atoms with Gasteiger partial charge in [-0.3, -0.25) is 0 Å². The monoisotopic (exact) mass is 245 g/mol. The Balaban J connectivity index is 1.88. The van der Waals surface area contributed by atoms with Gasteiger partial charge in [-0.15, -0.1) is 0 Å². The number of aromatic nitrogens is 2. The number of fused-ring (bicyclic) bond motifs is 1. The maximum atomic E-state index is 5.77. The number of hydrogen-bond acceptors (Lipinski definition) is 2. The van der Waals surface area contributed by atoms with Crippen molar-refractivity contribution in [3.05, 3.63) is 46.4 Å².